The number of halogens is 1. The van der Waals surface area contributed by atoms with E-state index in [4.69, 9.17) is 27.2 Å². The van der Waals surface area contributed by atoms with Crippen molar-refractivity contribution in [2.75, 3.05) is 11.1 Å². The smallest absolute Gasteiger partial charge is 0.407 e. The number of carboxylic acids is 1. The number of hydrogen-bond donors (Lipinski definition) is 4. The third-order valence-corrected chi connectivity index (χ3v) is 4.08. The first-order chi connectivity index (χ1) is 12.0. The van der Waals surface area contributed by atoms with Gasteiger partial charge in [-0.15, -0.1) is 0 Å². The third-order valence-electron chi connectivity index (χ3n) is 3.91. The predicted octanol–water partition coefficient (Wildman–Crippen LogP) is 2.66. The Morgan fingerprint density at radius 1 is 1.19 bits per heavy atom. The molecule has 1 fully saturated rings. The Morgan fingerprint density at radius 3 is 2.31 bits per heavy atom. The standard InChI is InChI=1S/C16H24ClN5O4/c1-16(2,3)26-15(25)20-9-6-4-8(5-7-9)19-12-10(18)11(13(23)24)21-14(17)22-12/h8-9H,4-7,18H2,1-3H3,(H,20,25)(H,23,24)(H,19,21,22). The lowest BCUT2D eigenvalue weighted by atomic mass is 9.91. The van der Waals surface area contributed by atoms with Crippen LogP contribution in [0.5, 0.6) is 0 Å². The molecule has 0 aromatic carbocycles. The van der Waals surface area contributed by atoms with Crippen LogP contribution < -0.4 is 16.4 Å². The van der Waals surface area contributed by atoms with Gasteiger partial charge >= 0.3 is 12.1 Å². The lowest BCUT2D eigenvalue weighted by Gasteiger charge is -2.31. The molecule has 0 unspecified atom stereocenters. The van der Waals surface area contributed by atoms with Gasteiger partial charge in [-0.1, -0.05) is 0 Å². The Kier molecular flexibility index (Phi) is 6.12. The number of amides is 1. The van der Waals surface area contributed by atoms with Crippen LogP contribution >= 0.6 is 11.6 Å². The molecule has 0 saturated heterocycles. The van der Waals surface area contributed by atoms with Gasteiger partial charge < -0.3 is 26.2 Å². The molecule has 10 heteroatoms. The number of aromatic carboxylic acids is 1. The van der Waals surface area contributed by atoms with Gasteiger partial charge in [-0.05, 0) is 58.1 Å². The molecule has 1 amide bonds. The number of carboxylic acid groups (broad SMARTS) is 1. The largest absolute Gasteiger partial charge is 0.476 e. The fourth-order valence-electron chi connectivity index (χ4n) is 2.76. The van der Waals surface area contributed by atoms with Crippen LogP contribution in [-0.2, 0) is 4.74 Å². The normalized spacial score (nSPS) is 20.3. The number of aromatic nitrogens is 2. The van der Waals surface area contributed by atoms with Crippen LogP contribution in [-0.4, -0.2) is 44.8 Å². The summed E-state index contributed by atoms with van der Waals surface area (Å²) in [7, 11) is 0. The molecule has 2 rings (SSSR count). The molecule has 1 aliphatic carbocycles. The van der Waals surface area contributed by atoms with Crippen molar-refractivity contribution < 1.29 is 19.4 Å². The summed E-state index contributed by atoms with van der Waals surface area (Å²) in [5, 5.41) is 14.9. The highest BCUT2D eigenvalue weighted by Gasteiger charge is 2.26. The summed E-state index contributed by atoms with van der Waals surface area (Å²) in [6, 6.07) is 0.0745. The molecule has 9 nitrogen and oxygen atoms in total. The van der Waals surface area contributed by atoms with Gasteiger partial charge in [0.05, 0.1) is 0 Å². The minimum absolute atomic E-state index is 0.0313. The maximum Gasteiger partial charge on any atom is 0.407 e. The van der Waals surface area contributed by atoms with E-state index in [1.807, 2.05) is 20.8 Å². The van der Waals surface area contributed by atoms with Crippen molar-refractivity contribution in [1.82, 2.24) is 15.3 Å². The molecular weight excluding hydrogens is 362 g/mol. The lowest BCUT2D eigenvalue weighted by molar-refractivity contribution is 0.0491. The van der Waals surface area contributed by atoms with Gasteiger partial charge in [-0.2, -0.15) is 4.98 Å². The maximum atomic E-state index is 11.8. The lowest BCUT2D eigenvalue weighted by Crippen LogP contribution is -2.42. The molecule has 1 saturated carbocycles. The van der Waals surface area contributed by atoms with Crippen molar-refractivity contribution in [3.63, 3.8) is 0 Å². The first-order valence-corrected chi connectivity index (χ1v) is 8.75. The Bertz CT molecular complexity index is 684. The predicted molar refractivity (Wildman–Crippen MR) is 97.5 cm³/mol. The zero-order valence-electron chi connectivity index (χ0n) is 15.0. The van der Waals surface area contributed by atoms with Crippen molar-refractivity contribution >= 4 is 35.2 Å². The molecule has 144 valence electrons. The molecule has 1 aromatic heterocycles. The fourth-order valence-corrected chi connectivity index (χ4v) is 2.93. The molecule has 1 aliphatic rings. The van der Waals surface area contributed by atoms with E-state index in [2.05, 4.69) is 20.6 Å². The van der Waals surface area contributed by atoms with Crippen LogP contribution in [0.2, 0.25) is 5.28 Å². The molecule has 1 aromatic rings. The Hall–Kier alpha value is -2.29. The highest BCUT2D eigenvalue weighted by molar-refractivity contribution is 6.28. The van der Waals surface area contributed by atoms with E-state index in [1.54, 1.807) is 0 Å². The molecule has 0 radical (unpaired) electrons. The van der Waals surface area contributed by atoms with Crippen molar-refractivity contribution in [3.8, 4) is 0 Å². The fraction of sp³-hybridized carbons (Fsp3) is 0.625. The number of carbonyl (C=O) groups excluding carboxylic acids is 1. The number of nitrogens with two attached hydrogens (primary N) is 1. The van der Waals surface area contributed by atoms with Crippen molar-refractivity contribution in [2.45, 2.75) is 64.1 Å². The van der Waals surface area contributed by atoms with Crippen LogP contribution in [0.1, 0.15) is 56.9 Å². The maximum absolute atomic E-state index is 11.8. The van der Waals surface area contributed by atoms with Crippen LogP contribution in [0.25, 0.3) is 0 Å². The van der Waals surface area contributed by atoms with E-state index >= 15 is 0 Å². The quantitative estimate of drug-likeness (QED) is 0.580. The number of alkyl carbamates (subject to hydrolysis) is 1. The minimum atomic E-state index is -1.26. The van der Waals surface area contributed by atoms with Crippen molar-refractivity contribution in [3.05, 3.63) is 11.0 Å². The highest BCUT2D eigenvalue weighted by atomic mass is 35.5. The number of hydrogen-bond acceptors (Lipinski definition) is 7. The van der Waals surface area contributed by atoms with Crippen LogP contribution in [0.4, 0.5) is 16.3 Å². The molecule has 0 aliphatic heterocycles. The molecule has 5 N–H and O–H groups in total. The van der Waals surface area contributed by atoms with Crippen molar-refractivity contribution in [2.24, 2.45) is 0 Å². The topological polar surface area (TPSA) is 139 Å². The number of nitrogen functional groups attached to an aromatic ring is 1. The molecule has 0 spiro atoms. The zero-order chi connectivity index (χ0) is 19.5. The number of ether oxygens (including phenoxy) is 1. The van der Waals surface area contributed by atoms with E-state index in [1.165, 1.54) is 0 Å². The number of rotatable bonds is 4. The van der Waals surface area contributed by atoms with Gasteiger partial charge in [0.2, 0.25) is 5.28 Å². The first-order valence-electron chi connectivity index (χ1n) is 8.37. The number of anilines is 2. The van der Waals surface area contributed by atoms with E-state index in [9.17, 15) is 9.59 Å². The summed E-state index contributed by atoms with van der Waals surface area (Å²) >= 11 is 5.77. The molecule has 26 heavy (non-hydrogen) atoms. The summed E-state index contributed by atoms with van der Waals surface area (Å²) in [6.07, 6.45) is 2.59. The molecule has 1 heterocycles. The van der Waals surface area contributed by atoms with Crippen LogP contribution in [0.3, 0.4) is 0 Å². The Labute approximate surface area is 156 Å². The number of carbonyl (C=O) groups is 2. The van der Waals surface area contributed by atoms with Gasteiger partial charge in [0, 0.05) is 12.1 Å². The summed E-state index contributed by atoms with van der Waals surface area (Å²) in [6.45, 7) is 5.45. The van der Waals surface area contributed by atoms with E-state index in [0.29, 0.717) is 0 Å². The minimum Gasteiger partial charge on any atom is -0.476 e. The average Bonchev–Trinajstić information content (AvgIpc) is 2.50. The van der Waals surface area contributed by atoms with Crippen molar-refractivity contribution in [1.29, 1.82) is 0 Å². The second kappa shape index (κ2) is 7.94. The highest BCUT2D eigenvalue weighted by Crippen LogP contribution is 2.27. The monoisotopic (exact) mass is 385 g/mol. The Morgan fingerprint density at radius 2 is 1.77 bits per heavy atom. The van der Waals surface area contributed by atoms with Gasteiger partial charge in [0.1, 0.15) is 11.3 Å². The van der Waals surface area contributed by atoms with Gasteiger partial charge in [0.25, 0.3) is 0 Å². The van der Waals surface area contributed by atoms with Gasteiger partial charge in [-0.3, -0.25) is 0 Å². The summed E-state index contributed by atoms with van der Waals surface area (Å²) < 4.78 is 5.26. The van der Waals surface area contributed by atoms with E-state index in [0.717, 1.165) is 25.7 Å². The zero-order valence-corrected chi connectivity index (χ0v) is 15.8. The van der Waals surface area contributed by atoms with E-state index < -0.39 is 17.7 Å². The second-order valence-electron chi connectivity index (χ2n) is 7.25. The average molecular weight is 386 g/mol. The molecular formula is C16H24ClN5O4. The Balaban J connectivity index is 1.91. The van der Waals surface area contributed by atoms with E-state index in [-0.39, 0.29) is 34.6 Å². The molecule has 0 atom stereocenters. The van der Waals surface area contributed by atoms with Crippen LogP contribution in [0.15, 0.2) is 0 Å². The molecule has 0 bridgehead atoms. The number of nitrogens with one attached hydrogen (secondary N) is 2. The van der Waals surface area contributed by atoms with Crippen LogP contribution in [0, 0.1) is 0 Å². The second-order valence-corrected chi connectivity index (χ2v) is 7.59. The van der Waals surface area contributed by atoms with Gasteiger partial charge in [0.15, 0.2) is 11.5 Å². The summed E-state index contributed by atoms with van der Waals surface area (Å²) in [5.74, 6) is -1.05. The summed E-state index contributed by atoms with van der Waals surface area (Å²) in [5.41, 5.74) is 4.92. The number of nitrogens with zero attached hydrogens (tertiary/aromatic N) is 2. The first kappa shape index (κ1) is 20.0. The summed E-state index contributed by atoms with van der Waals surface area (Å²) in [4.78, 5) is 30.6. The third kappa shape index (κ3) is 5.62. The SMILES string of the molecule is CC(C)(C)OC(=O)NC1CCC(Nc2nc(Cl)nc(C(=O)O)c2N)CC1. The van der Waals surface area contributed by atoms with Gasteiger partial charge in [-0.25, -0.2) is 14.6 Å².